The molecule has 0 saturated carbocycles. The predicted octanol–water partition coefficient (Wildman–Crippen LogP) is 7.01. The molecule has 1 atom stereocenters. The Morgan fingerprint density at radius 3 is 2.34 bits per heavy atom. The Balaban J connectivity index is 1.72. The molecule has 150 valence electrons. The maximum Gasteiger partial charge on any atom is 0.435 e. The highest BCUT2D eigenvalue weighted by Crippen LogP contribution is 2.50. The van der Waals surface area contributed by atoms with Crippen LogP contribution in [0.1, 0.15) is 22.4 Å². The zero-order chi connectivity index (χ0) is 20.8. The molecular weight excluding hydrogens is 444 g/mol. The van der Waals surface area contributed by atoms with Crippen molar-refractivity contribution in [2.75, 3.05) is 0 Å². The fourth-order valence-electron chi connectivity index (χ4n) is 3.24. The number of nitrogens with zero attached hydrogens (tertiary/aromatic N) is 2. The minimum absolute atomic E-state index is 0.0973. The first-order chi connectivity index (χ1) is 13.7. The van der Waals surface area contributed by atoms with Crippen molar-refractivity contribution in [3.8, 4) is 10.4 Å². The molecule has 2 aromatic heterocycles. The lowest BCUT2D eigenvalue weighted by molar-refractivity contribution is -0.275. The Morgan fingerprint density at radius 2 is 1.72 bits per heavy atom. The first-order valence-electron chi connectivity index (χ1n) is 8.49. The molecule has 3 aromatic rings. The van der Waals surface area contributed by atoms with E-state index < -0.39 is 18.2 Å². The average Bonchev–Trinajstić information content (AvgIpc) is 3.26. The van der Waals surface area contributed by atoms with Crippen LogP contribution in [0.25, 0.3) is 10.4 Å². The van der Waals surface area contributed by atoms with Crippen LogP contribution in [0.2, 0.25) is 10.0 Å². The van der Waals surface area contributed by atoms with E-state index in [0.717, 1.165) is 16.0 Å². The van der Waals surface area contributed by atoms with Crippen molar-refractivity contribution in [1.82, 2.24) is 4.98 Å². The summed E-state index contributed by atoms with van der Waals surface area (Å²) in [4.78, 5) is 10.6. The van der Waals surface area contributed by atoms with Gasteiger partial charge in [0.2, 0.25) is 0 Å². The van der Waals surface area contributed by atoms with E-state index in [0.29, 0.717) is 4.88 Å². The normalized spacial score (nSPS) is 19.2. The molecule has 3 heterocycles. The summed E-state index contributed by atoms with van der Waals surface area (Å²) in [6.45, 7) is 1.90. The van der Waals surface area contributed by atoms with Crippen LogP contribution in [-0.2, 0) is 10.4 Å². The van der Waals surface area contributed by atoms with E-state index in [9.17, 15) is 13.2 Å². The maximum atomic E-state index is 14.1. The maximum absolute atomic E-state index is 14.1. The third kappa shape index (κ3) is 3.63. The monoisotopic (exact) mass is 456 g/mol. The van der Waals surface area contributed by atoms with Gasteiger partial charge in [-0.1, -0.05) is 28.4 Å². The molecule has 3 nitrogen and oxygen atoms in total. The van der Waals surface area contributed by atoms with E-state index in [1.54, 1.807) is 12.4 Å². The minimum atomic E-state index is -4.72. The first kappa shape index (κ1) is 20.2. The fraction of sp³-hybridized carbons (Fsp3) is 0.200. The summed E-state index contributed by atoms with van der Waals surface area (Å²) < 4.78 is 42.3. The fourth-order valence-corrected chi connectivity index (χ4v) is 4.92. The van der Waals surface area contributed by atoms with Crippen LogP contribution in [-0.4, -0.2) is 16.9 Å². The topological polar surface area (TPSA) is 34.5 Å². The zero-order valence-electron chi connectivity index (χ0n) is 14.9. The summed E-state index contributed by atoms with van der Waals surface area (Å²) in [5, 5.41) is 4.01. The number of pyridine rings is 1. The lowest BCUT2D eigenvalue weighted by atomic mass is 9.88. The number of rotatable bonds is 3. The van der Waals surface area contributed by atoms with Gasteiger partial charge < -0.3 is 4.84 Å². The van der Waals surface area contributed by atoms with Gasteiger partial charge in [0, 0.05) is 32.9 Å². The van der Waals surface area contributed by atoms with Gasteiger partial charge in [-0.05, 0) is 54.4 Å². The van der Waals surface area contributed by atoms with Crippen LogP contribution in [0.15, 0.2) is 53.9 Å². The average molecular weight is 457 g/mol. The van der Waals surface area contributed by atoms with E-state index in [1.807, 2.05) is 25.1 Å². The highest BCUT2D eigenvalue weighted by Gasteiger charge is 2.62. The number of halogens is 5. The van der Waals surface area contributed by atoms with E-state index in [2.05, 4.69) is 10.1 Å². The van der Waals surface area contributed by atoms with Crippen LogP contribution in [0.5, 0.6) is 0 Å². The Labute approximate surface area is 178 Å². The van der Waals surface area contributed by atoms with Gasteiger partial charge in [0.25, 0.3) is 5.60 Å². The highest BCUT2D eigenvalue weighted by atomic mass is 35.5. The van der Waals surface area contributed by atoms with Gasteiger partial charge in [-0.3, -0.25) is 4.98 Å². The van der Waals surface area contributed by atoms with Crippen molar-refractivity contribution in [2.24, 2.45) is 5.16 Å². The molecule has 29 heavy (non-hydrogen) atoms. The highest BCUT2D eigenvalue weighted by molar-refractivity contribution is 7.17. The third-order valence-electron chi connectivity index (χ3n) is 4.66. The van der Waals surface area contributed by atoms with E-state index >= 15 is 0 Å². The van der Waals surface area contributed by atoms with Gasteiger partial charge >= 0.3 is 6.18 Å². The summed E-state index contributed by atoms with van der Waals surface area (Å²) in [5.74, 6) is 0. The second-order valence-electron chi connectivity index (χ2n) is 6.65. The number of aryl methyl sites for hydroxylation is 1. The molecule has 4 rings (SSSR count). The molecule has 1 aliphatic rings. The number of hydrogen-bond donors (Lipinski definition) is 0. The lowest BCUT2D eigenvalue weighted by Gasteiger charge is -2.29. The van der Waals surface area contributed by atoms with Crippen LogP contribution in [0, 0.1) is 6.92 Å². The summed E-state index contributed by atoms with van der Waals surface area (Å²) in [6.07, 6.45) is -1.85. The summed E-state index contributed by atoms with van der Waals surface area (Å²) >= 11 is 13.2. The van der Waals surface area contributed by atoms with Crippen LogP contribution >= 0.6 is 34.5 Å². The van der Waals surface area contributed by atoms with E-state index in [1.165, 1.54) is 29.5 Å². The second kappa shape index (κ2) is 7.31. The molecule has 0 bridgehead atoms. The SMILES string of the molecule is Cc1cc(C2=NOC(c3cc(Cl)cc(Cl)c3)(C(F)(F)F)C2)sc1-c1ccncc1. The largest absolute Gasteiger partial charge is 0.435 e. The standard InChI is InChI=1S/C20H13Cl2F3N2OS/c1-11-6-17(29-18(11)12-2-4-26-5-3-12)16-10-19(28-27-16,20(23,24)25)13-7-14(21)9-15(22)8-13/h2-9H,10H2,1H3. The number of benzene rings is 1. The Kier molecular flexibility index (Phi) is 5.09. The molecular formula is C20H13Cl2F3N2OS. The van der Waals surface area contributed by atoms with Crippen LogP contribution in [0.3, 0.4) is 0 Å². The Morgan fingerprint density at radius 1 is 1.07 bits per heavy atom. The first-order valence-corrected chi connectivity index (χ1v) is 10.1. The van der Waals surface area contributed by atoms with Gasteiger partial charge in [0.05, 0.1) is 11.3 Å². The van der Waals surface area contributed by atoms with Gasteiger partial charge in [-0.2, -0.15) is 13.2 Å². The van der Waals surface area contributed by atoms with Gasteiger partial charge in [-0.25, -0.2) is 0 Å². The van der Waals surface area contributed by atoms with E-state index in [4.69, 9.17) is 28.0 Å². The molecule has 9 heteroatoms. The van der Waals surface area contributed by atoms with Crippen molar-refractivity contribution in [1.29, 1.82) is 0 Å². The molecule has 0 aliphatic carbocycles. The molecule has 1 aliphatic heterocycles. The summed E-state index contributed by atoms with van der Waals surface area (Å²) in [6, 6.07) is 9.31. The summed E-state index contributed by atoms with van der Waals surface area (Å²) in [7, 11) is 0. The van der Waals surface area contributed by atoms with Crippen molar-refractivity contribution in [3.05, 3.63) is 74.8 Å². The quantitative estimate of drug-likeness (QED) is 0.424. The van der Waals surface area contributed by atoms with Crippen molar-refractivity contribution >= 4 is 40.3 Å². The number of hydrogen-bond acceptors (Lipinski definition) is 4. The molecule has 0 radical (unpaired) electrons. The molecule has 0 N–H and O–H groups in total. The minimum Gasteiger partial charge on any atom is -0.374 e. The molecule has 0 spiro atoms. The molecule has 0 amide bonds. The van der Waals surface area contributed by atoms with Gasteiger partial charge in [0.1, 0.15) is 5.71 Å². The zero-order valence-corrected chi connectivity index (χ0v) is 17.3. The third-order valence-corrected chi connectivity index (χ3v) is 6.43. The molecule has 1 aromatic carbocycles. The predicted molar refractivity (Wildman–Crippen MR) is 109 cm³/mol. The summed E-state index contributed by atoms with van der Waals surface area (Å²) in [5.41, 5.74) is -0.701. The Bertz CT molecular complexity index is 1080. The number of aromatic nitrogens is 1. The van der Waals surface area contributed by atoms with Gasteiger partial charge in [-0.15, -0.1) is 11.3 Å². The van der Waals surface area contributed by atoms with E-state index in [-0.39, 0.29) is 21.3 Å². The lowest BCUT2D eigenvalue weighted by Crippen LogP contribution is -2.42. The smallest absolute Gasteiger partial charge is 0.374 e. The second-order valence-corrected chi connectivity index (χ2v) is 8.57. The van der Waals surface area contributed by atoms with Crippen LogP contribution in [0.4, 0.5) is 13.2 Å². The van der Waals surface area contributed by atoms with Crippen molar-refractivity contribution in [3.63, 3.8) is 0 Å². The number of alkyl halides is 3. The number of thiophene rings is 1. The van der Waals surface area contributed by atoms with Crippen LogP contribution < -0.4 is 0 Å². The van der Waals surface area contributed by atoms with Gasteiger partial charge in [0.15, 0.2) is 0 Å². The van der Waals surface area contributed by atoms with Crippen molar-refractivity contribution in [2.45, 2.75) is 25.1 Å². The molecule has 0 saturated heterocycles. The Hall–Kier alpha value is -2.09. The molecule has 1 unspecified atom stereocenters. The number of oxime groups is 1. The van der Waals surface area contributed by atoms with Crippen molar-refractivity contribution < 1.29 is 18.0 Å². The molecule has 0 fully saturated rings.